The fourth-order valence-electron chi connectivity index (χ4n) is 3.63. The molecular weight excluding hydrogens is 620 g/mol. The maximum atomic E-state index is 14.5. The fraction of sp³-hybridized carbons (Fsp3) is 0.0645. The van der Waals surface area contributed by atoms with Gasteiger partial charge in [0, 0.05) is 27.4 Å². The summed E-state index contributed by atoms with van der Waals surface area (Å²) in [5, 5.41) is 8.41. The van der Waals surface area contributed by atoms with Crippen LogP contribution in [0.15, 0.2) is 102 Å². The van der Waals surface area contributed by atoms with Crippen molar-refractivity contribution in [2.75, 3.05) is 10.6 Å². The molecule has 0 radical (unpaired) electrons. The Labute approximate surface area is 261 Å². The molecule has 0 aliphatic carbocycles. The monoisotopic (exact) mass is 641 g/mol. The third-order valence-electron chi connectivity index (χ3n) is 5.80. The Morgan fingerprint density at radius 3 is 2.14 bits per heavy atom. The van der Waals surface area contributed by atoms with Gasteiger partial charge in [0.05, 0.1) is 20.3 Å². The van der Waals surface area contributed by atoms with Crippen molar-refractivity contribution in [1.82, 2.24) is 5.32 Å². The highest BCUT2D eigenvalue weighted by atomic mass is 35.5. The predicted molar refractivity (Wildman–Crippen MR) is 169 cm³/mol. The number of carbonyl (C=O) groups is 3. The average molecular weight is 643 g/mol. The molecule has 0 heterocycles. The zero-order chi connectivity index (χ0) is 30.2. The van der Waals surface area contributed by atoms with E-state index in [2.05, 4.69) is 16.0 Å². The normalized spacial score (nSPS) is 11.9. The summed E-state index contributed by atoms with van der Waals surface area (Å²) >= 11 is 19.4. The molecule has 214 valence electrons. The number of nitrogens with one attached hydrogen (secondary N) is 3. The van der Waals surface area contributed by atoms with Crippen LogP contribution < -0.4 is 16.0 Å². The third-order valence-corrected chi connectivity index (χ3v) is 7.98. The predicted octanol–water partition coefficient (Wildman–Crippen LogP) is 8.31. The molecule has 0 bridgehead atoms. The second-order valence-corrected chi connectivity index (χ2v) is 11.5. The van der Waals surface area contributed by atoms with Crippen LogP contribution in [0.25, 0.3) is 6.08 Å². The molecule has 1 unspecified atom stereocenters. The lowest BCUT2D eigenvalue weighted by atomic mass is 10.1. The number of anilines is 2. The van der Waals surface area contributed by atoms with Crippen LogP contribution in [0.2, 0.25) is 15.1 Å². The van der Waals surface area contributed by atoms with Crippen LogP contribution in [0.1, 0.15) is 22.8 Å². The Hall–Kier alpha value is -3.82. The lowest BCUT2D eigenvalue weighted by Crippen LogP contribution is -2.30. The molecule has 4 aromatic rings. The number of benzene rings is 4. The molecular formula is C31H23Cl3FN3O3S. The molecule has 0 fully saturated rings. The summed E-state index contributed by atoms with van der Waals surface area (Å²) in [6.07, 6.45) is 1.19. The summed E-state index contributed by atoms with van der Waals surface area (Å²) in [5.41, 5.74) is 1.01. The van der Waals surface area contributed by atoms with Crippen LogP contribution >= 0.6 is 46.6 Å². The topological polar surface area (TPSA) is 87.3 Å². The van der Waals surface area contributed by atoms with Gasteiger partial charge in [-0.25, -0.2) is 4.39 Å². The van der Waals surface area contributed by atoms with Crippen LogP contribution in [-0.4, -0.2) is 23.0 Å². The van der Waals surface area contributed by atoms with Gasteiger partial charge >= 0.3 is 0 Å². The molecule has 0 spiro atoms. The van der Waals surface area contributed by atoms with Crippen molar-refractivity contribution in [3.8, 4) is 0 Å². The molecule has 3 amide bonds. The van der Waals surface area contributed by atoms with E-state index in [-0.39, 0.29) is 22.2 Å². The Kier molecular flexibility index (Phi) is 10.7. The maximum absolute atomic E-state index is 14.5. The molecule has 0 saturated carbocycles. The zero-order valence-corrected chi connectivity index (χ0v) is 25.0. The number of halogens is 4. The molecule has 0 aliphatic heterocycles. The van der Waals surface area contributed by atoms with Crippen LogP contribution in [0.5, 0.6) is 0 Å². The first-order chi connectivity index (χ1) is 20.1. The van der Waals surface area contributed by atoms with Crippen molar-refractivity contribution in [2.24, 2.45) is 0 Å². The number of hydrogen-bond donors (Lipinski definition) is 3. The highest BCUT2D eigenvalue weighted by molar-refractivity contribution is 8.00. The summed E-state index contributed by atoms with van der Waals surface area (Å²) in [6, 6.07) is 24.0. The van der Waals surface area contributed by atoms with Gasteiger partial charge in [-0.3, -0.25) is 14.4 Å². The Morgan fingerprint density at radius 2 is 1.48 bits per heavy atom. The van der Waals surface area contributed by atoms with Gasteiger partial charge in [0.2, 0.25) is 5.91 Å². The fourth-order valence-corrected chi connectivity index (χ4v) is 5.01. The van der Waals surface area contributed by atoms with Crippen molar-refractivity contribution in [3.05, 3.63) is 129 Å². The van der Waals surface area contributed by atoms with E-state index < -0.39 is 22.9 Å². The van der Waals surface area contributed by atoms with Gasteiger partial charge in [0.15, 0.2) is 0 Å². The van der Waals surface area contributed by atoms with Crippen molar-refractivity contribution in [2.45, 2.75) is 17.1 Å². The third kappa shape index (κ3) is 8.36. The summed E-state index contributed by atoms with van der Waals surface area (Å²) in [7, 11) is 0. The lowest BCUT2D eigenvalue weighted by Gasteiger charge is -2.14. The lowest BCUT2D eigenvalue weighted by molar-refractivity contribution is -0.115. The first-order valence-electron chi connectivity index (χ1n) is 12.5. The second kappa shape index (κ2) is 14.4. The molecule has 0 aliphatic rings. The molecule has 0 aromatic heterocycles. The molecule has 6 nitrogen and oxygen atoms in total. The van der Waals surface area contributed by atoms with Gasteiger partial charge in [-0.1, -0.05) is 59.1 Å². The Morgan fingerprint density at radius 1 is 0.786 bits per heavy atom. The highest BCUT2D eigenvalue weighted by Crippen LogP contribution is 2.28. The molecule has 1 atom stereocenters. The van der Waals surface area contributed by atoms with E-state index in [0.717, 1.165) is 4.90 Å². The van der Waals surface area contributed by atoms with Crippen molar-refractivity contribution >= 4 is 81.7 Å². The van der Waals surface area contributed by atoms with Crippen LogP contribution in [-0.2, 0) is 9.59 Å². The first kappa shape index (κ1) is 31.1. The number of hydrogen-bond acceptors (Lipinski definition) is 4. The van der Waals surface area contributed by atoms with E-state index in [1.54, 1.807) is 79.7 Å². The number of amides is 3. The molecule has 4 aromatic carbocycles. The number of thioether (sulfide) groups is 1. The quantitative estimate of drug-likeness (QED) is 0.127. The summed E-state index contributed by atoms with van der Waals surface area (Å²) in [6.45, 7) is 1.76. The van der Waals surface area contributed by atoms with E-state index in [4.69, 9.17) is 34.8 Å². The smallest absolute Gasteiger partial charge is 0.272 e. The van der Waals surface area contributed by atoms with E-state index in [0.29, 0.717) is 27.0 Å². The molecule has 42 heavy (non-hydrogen) atoms. The van der Waals surface area contributed by atoms with E-state index in [9.17, 15) is 18.8 Å². The molecule has 3 N–H and O–H groups in total. The maximum Gasteiger partial charge on any atom is 0.272 e. The first-order valence-corrected chi connectivity index (χ1v) is 14.5. The summed E-state index contributed by atoms with van der Waals surface area (Å²) in [5.74, 6) is -2.12. The van der Waals surface area contributed by atoms with Crippen LogP contribution in [0.3, 0.4) is 0 Å². The van der Waals surface area contributed by atoms with Gasteiger partial charge in [-0.15, -0.1) is 11.8 Å². The standard InChI is InChI=1S/C31H23Cl3FN3O3S/c1-18(29(39)37-21-12-15-25(33)26(34)16-21)42-22-13-10-20(11-14-22)36-31(41)28(17-23-24(32)8-5-9-27(23)35)38-30(40)19-6-3-2-4-7-19/h2-18H,1H3,(H,36,41)(H,37,39)(H,38,40)/b28-17-. The molecule has 4 rings (SSSR count). The molecule has 0 saturated heterocycles. The largest absolute Gasteiger partial charge is 0.325 e. The van der Waals surface area contributed by atoms with Gasteiger partial charge in [-0.2, -0.15) is 0 Å². The van der Waals surface area contributed by atoms with E-state index in [1.807, 2.05) is 0 Å². The second-order valence-electron chi connectivity index (χ2n) is 8.87. The number of rotatable bonds is 9. The Balaban J connectivity index is 1.46. The summed E-state index contributed by atoms with van der Waals surface area (Å²) < 4.78 is 14.5. The van der Waals surface area contributed by atoms with Gasteiger partial charge in [-0.05, 0) is 79.7 Å². The highest BCUT2D eigenvalue weighted by Gasteiger charge is 2.18. The van der Waals surface area contributed by atoms with Crippen molar-refractivity contribution < 1.29 is 18.8 Å². The van der Waals surface area contributed by atoms with Crippen molar-refractivity contribution in [1.29, 1.82) is 0 Å². The Bertz CT molecular complexity index is 1630. The minimum atomic E-state index is -0.687. The van der Waals surface area contributed by atoms with Crippen molar-refractivity contribution in [3.63, 3.8) is 0 Å². The van der Waals surface area contributed by atoms with Gasteiger partial charge in [0.1, 0.15) is 11.5 Å². The molecule has 11 heteroatoms. The number of carbonyl (C=O) groups excluding carboxylic acids is 3. The zero-order valence-electron chi connectivity index (χ0n) is 22.0. The minimum absolute atomic E-state index is 0.0439. The van der Waals surface area contributed by atoms with E-state index in [1.165, 1.54) is 36.0 Å². The van der Waals surface area contributed by atoms with Crippen LogP contribution in [0, 0.1) is 5.82 Å². The van der Waals surface area contributed by atoms with Crippen LogP contribution in [0.4, 0.5) is 15.8 Å². The summed E-state index contributed by atoms with van der Waals surface area (Å²) in [4.78, 5) is 39.5. The SMILES string of the molecule is CC(Sc1ccc(NC(=O)/C(=C/c2c(F)cccc2Cl)NC(=O)c2ccccc2)cc1)C(=O)Nc1ccc(Cl)c(Cl)c1. The average Bonchev–Trinajstić information content (AvgIpc) is 2.97. The van der Waals surface area contributed by atoms with Gasteiger partial charge in [0.25, 0.3) is 11.8 Å². The van der Waals surface area contributed by atoms with E-state index >= 15 is 0 Å². The minimum Gasteiger partial charge on any atom is -0.325 e. The van der Waals surface area contributed by atoms with Gasteiger partial charge < -0.3 is 16.0 Å².